The van der Waals surface area contributed by atoms with Crippen LogP contribution in [0.2, 0.25) is 0 Å². The van der Waals surface area contributed by atoms with E-state index in [1.54, 1.807) is 0 Å². The van der Waals surface area contributed by atoms with Crippen molar-refractivity contribution in [1.82, 2.24) is 0 Å². The van der Waals surface area contributed by atoms with Crippen molar-refractivity contribution in [2.24, 2.45) is 0 Å². The Hall–Kier alpha value is -0.800. The third-order valence-corrected chi connectivity index (χ3v) is 4.93. The van der Waals surface area contributed by atoms with Crippen LogP contribution < -0.4 is 0 Å². The van der Waals surface area contributed by atoms with Gasteiger partial charge in [-0.25, -0.2) is 10.9 Å². The number of hydrogen-bond acceptors (Lipinski definition) is 2. The summed E-state index contributed by atoms with van der Waals surface area (Å²) in [4.78, 5) is 11.9. The molecule has 1 heterocycles. The zero-order valence-electron chi connectivity index (χ0n) is 8.69. The quantitative estimate of drug-likeness (QED) is 0.627. The topological polar surface area (TPSA) is 26.3 Å². The van der Waals surface area contributed by atoms with Gasteiger partial charge in [0.05, 0.1) is 13.2 Å². The first-order chi connectivity index (χ1) is 7.36. The van der Waals surface area contributed by atoms with E-state index < -0.39 is 0 Å². The average molecular weight is 224 g/mol. The number of hydrogen-bond donors (Lipinski definition) is 1. The van der Waals surface area contributed by atoms with Crippen LogP contribution >= 0.6 is 10.9 Å². The summed E-state index contributed by atoms with van der Waals surface area (Å²) in [5, 5.41) is 0. The van der Waals surface area contributed by atoms with E-state index in [4.69, 9.17) is 4.74 Å². The number of ketones is 1. The molecule has 0 N–H and O–H groups in total. The summed E-state index contributed by atoms with van der Waals surface area (Å²) in [5.41, 5.74) is 0.853. The first kappa shape index (κ1) is 10.7. The van der Waals surface area contributed by atoms with Crippen molar-refractivity contribution in [3.63, 3.8) is 0 Å². The average Bonchev–Trinajstić information content (AvgIpc) is 2.31. The van der Waals surface area contributed by atoms with Gasteiger partial charge in [-0.15, -0.1) is 0 Å². The maximum atomic E-state index is 11.9. The van der Waals surface area contributed by atoms with E-state index in [0.29, 0.717) is 5.78 Å². The standard InChI is InChI=1S/C12H16O2S/c13-12(11-4-2-1-3-5-11)10-15-8-6-14-7-9-15/h1-5,15H,6-10H2. The Morgan fingerprint density at radius 1 is 1.20 bits per heavy atom. The number of ether oxygens (including phenoxy) is 1. The van der Waals surface area contributed by atoms with Crippen LogP contribution in [0.25, 0.3) is 0 Å². The SMILES string of the molecule is O=C(C[SH]1CCOCC1)c1ccccc1. The van der Waals surface area contributed by atoms with Gasteiger partial charge in [0, 0.05) is 11.3 Å². The molecule has 0 saturated carbocycles. The summed E-state index contributed by atoms with van der Waals surface area (Å²) >= 11 is 0. The van der Waals surface area contributed by atoms with E-state index in [-0.39, 0.29) is 10.9 Å². The highest BCUT2D eigenvalue weighted by Crippen LogP contribution is 2.28. The molecule has 0 aromatic heterocycles. The fourth-order valence-corrected chi connectivity index (χ4v) is 3.58. The lowest BCUT2D eigenvalue weighted by molar-refractivity contribution is 0.102. The van der Waals surface area contributed by atoms with Crippen molar-refractivity contribution in [3.8, 4) is 0 Å². The molecule has 0 unspecified atom stereocenters. The third kappa shape index (κ3) is 3.08. The summed E-state index contributed by atoms with van der Waals surface area (Å²) in [6, 6.07) is 9.59. The number of thiol groups is 1. The van der Waals surface area contributed by atoms with Gasteiger partial charge in [-0.1, -0.05) is 30.3 Å². The Labute approximate surface area is 93.0 Å². The van der Waals surface area contributed by atoms with Crippen LogP contribution in [0, 0.1) is 0 Å². The van der Waals surface area contributed by atoms with Crippen LogP contribution in [0.4, 0.5) is 0 Å². The van der Waals surface area contributed by atoms with E-state index >= 15 is 0 Å². The Bertz CT molecular complexity index is 318. The molecule has 1 aromatic rings. The van der Waals surface area contributed by atoms with Crippen LogP contribution in [0.15, 0.2) is 30.3 Å². The van der Waals surface area contributed by atoms with E-state index in [1.165, 1.54) is 0 Å². The van der Waals surface area contributed by atoms with Gasteiger partial charge < -0.3 is 4.74 Å². The molecule has 15 heavy (non-hydrogen) atoms. The predicted octanol–water partition coefficient (Wildman–Crippen LogP) is 1.90. The minimum absolute atomic E-state index is 0.109. The van der Waals surface area contributed by atoms with Crippen molar-refractivity contribution in [1.29, 1.82) is 0 Å². The number of carbonyl (C=O) groups excluding carboxylic acids is 1. The predicted molar refractivity (Wildman–Crippen MR) is 65.2 cm³/mol. The summed E-state index contributed by atoms with van der Waals surface area (Å²) < 4.78 is 5.29. The lowest BCUT2D eigenvalue weighted by atomic mass is 10.2. The van der Waals surface area contributed by atoms with Crippen LogP contribution in [-0.4, -0.2) is 36.3 Å². The molecule has 2 rings (SSSR count). The molecule has 0 bridgehead atoms. The van der Waals surface area contributed by atoms with Gasteiger partial charge >= 0.3 is 0 Å². The van der Waals surface area contributed by atoms with Crippen LogP contribution in [0.3, 0.4) is 0 Å². The van der Waals surface area contributed by atoms with Gasteiger partial charge in [-0.2, -0.15) is 0 Å². The lowest BCUT2D eigenvalue weighted by Crippen LogP contribution is -2.19. The Kier molecular flexibility index (Phi) is 3.80. The first-order valence-electron chi connectivity index (χ1n) is 5.24. The molecular weight excluding hydrogens is 208 g/mol. The van der Waals surface area contributed by atoms with E-state index in [2.05, 4.69) is 0 Å². The van der Waals surface area contributed by atoms with Crippen molar-refractivity contribution in [2.45, 2.75) is 0 Å². The van der Waals surface area contributed by atoms with E-state index in [9.17, 15) is 4.79 Å². The fraction of sp³-hybridized carbons (Fsp3) is 0.417. The second-order valence-electron chi connectivity index (χ2n) is 3.68. The highest BCUT2D eigenvalue weighted by Gasteiger charge is 2.14. The van der Waals surface area contributed by atoms with Crippen LogP contribution in [-0.2, 0) is 4.74 Å². The summed E-state index contributed by atoms with van der Waals surface area (Å²) in [6.07, 6.45) is 0. The van der Waals surface area contributed by atoms with Gasteiger partial charge in [0.25, 0.3) is 0 Å². The second-order valence-corrected chi connectivity index (χ2v) is 6.23. The normalized spacial score (nSPS) is 18.8. The van der Waals surface area contributed by atoms with E-state index in [1.807, 2.05) is 30.3 Å². The Balaban J connectivity index is 1.91. The minimum atomic E-state index is -0.109. The summed E-state index contributed by atoms with van der Waals surface area (Å²) in [6.45, 7) is 1.68. The van der Waals surface area contributed by atoms with Crippen molar-refractivity contribution in [3.05, 3.63) is 35.9 Å². The highest BCUT2D eigenvalue weighted by atomic mass is 32.2. The molecule has 0 aliphatic carbocycles. The second kappa shape index (κ2) is 5.33. The number of carbonyl (C=O) groups is 1. The Morgan fingerprint density at radius 2 is 1.87 bits per heavy atom. The summed E-state index contributed by atoms with van der Waals surface area (Å²) in [5.74, 6) is 3.22. The molecule has 3 heteroatoms. The van der Waals surface area contributed by atoms with Gasteiger partial charge in [0.1, 0.15) is 0 Å². The maximum absolute atomic E-state index is 11.9. The minimum Gasteiger partial charge on any atom is -0.380 e. The van der Waals surface area contributed by atoms with Crippen LogP contribution in [0.1, 0.15) is 10.4 Å². The molecule has 1 fully saturated rings. The molecule has 0 atom stereocenters. The molecule has 0 radical (unpaired) electrons. The number of rotatable bonds is 3. The van der Waals surface area contributed by atoms with Crippen molar-refractivity contribution < 1.29 is 9.53 Å². The molecule has 1 aliphatic heterocycles. The van der Waals surface area contributed by atoms with Crippen molar-refractivity contribution in [2.75, 3.05) is 30.5 Å². The first-order valence-corrected chi connectivity index (χ1v) is 7.14. The molecule has 82 valence electrons. The molecule has 1 saturated heterocycles. The molecule has 1 aromatic carbocycles. The van der Waals surface area contributed by atoms with Gasteiger partial charge in [-0.3, -0.25) is 4.79 Å². The summed E-state index contributed by atoms with van der Waals surface area (Å²) in [7, 11) is -0.109. The molecule has 0 spiro atoms. The van der Waals surface area contributed by atoms with Crippen molar-refractivity contribution >= 4 is 16.7 Å². The van der Waals surface area contributed by atoms with Gasteiger partial charge in [0.2, 0.25) is 0 Å². The molecular formula is C12H16O2S. The smallest absolute Gasteiger partial charge is 0.170 e. The zero-order chi connectivity index (χ0) is 10.5. The highest BCUT2D eigenvalue weighted by molar-refractivity contribution is 8.17. The van der Waals surface area contributed by atoms with E-state index in [0.717, 1.165) is 36.0 Å². The Morgan fingerprint density at radius 3 is 2.53 bits per heavy atom. The molecule has 1 aliphatic rings. The lowest BCUT2D eigenvalue weighted by Gasteiger charge is -2.25. The fourth-order valence-electron chi connectivity index (χ4n) is 1.68. The molecule has 2 nitrogen and oxygen atoms in total. The third-order valence-electron chi connectivity index (χ3n) is 2.57. The molecule has 0 amide bonds. The zero-order valence-corrected chi connectivity index (χ0v) is 9.58. The largest absolute Gasteiger partial charge is 0.380 e. The van der Waals surface area contributed by atoms with Crippen LogP contribution in [0.5, 0.6) is 0 Å². The maximum Gasteiger partial charge on any atom is 0.170 e. The van der Waals surface area contributed by atoms with Gasteiger partial charge in [-0.05, 0) is 11.5 Å². The number of Topliss-reactive ketones (excluding diaryl/α,β-unsaturated/α-hetero) is 1. The number of benzene rings is 1. The van der Waals surface area contributed by atoms with Gasteiger partial charge in [0.15, 0.2) is 5.78 Å². The monoisotopic (exact) mass is 224 g/mol.